The molecule has 0 fully saturated rings. The molecule has 4 heteroatoms. The molecular weight excluding hydrogens is 755 g/mol. The summed E-state index contributed by atoms with van der Waals surface area (Å²) in [6, 6.07) is 74.1. The Kier molecular flexibility index (Phi) is 8.16. The minimum Gasteiger partial charge on any atom is -0.455 e. The Hall–Kier alpha value is -7.95. The lowest BCUT2D eigenvalue weighted by Gasteiger charge is -2.35. The van der Waals surface area contributed by atoms with Crippen LogP contribution in [0.1, 0.15) is 22.3 Å². The molecule has 1 aromatic heterocycles. The van der Waals surface area contributed by atoms with E-state index in [1.807, 2.05) is 12.1 Å². The molecule has 1 aliphatic heterocycles. The fourth-order valence-electron chi connectivity index (χ4n) is 10.2. The van der Waals surface area contributed by atoms with Gasteiger partial charge in [0, 0.05) is 52.3 Å². The Bertz CT molecular complexity index is 3400. The Labute approximate surface area is 361 Å². The van der Waals surface area contributed by atoms with Gasteiger partial charge >= 0.3 is 0 Å². The number of hydrogen-bond donors (Lipinski definition) is 0. The first kappa shape index (κ1) is 35.9. The molecule has 0 saturated carbocycles. The fraction of sp³-hybridized carbons (Fsp3) is 0.0517. The highest BCUT2D eigenvalue weighted by atomic mass is 16.3. The molecular formula is C58H41N3O. The van der Waals surface area contributed by atoms with Gasteiger partial charge in [-0.2, -0.15) is 0 Å². The third-order valence-electron chi connectivity index (χ3n) is 13.0. The summed E-state index contributed by atoms with van der Waals surface area (Å²) in [6.45, 7) is 2.23. The summed E-state index contributed by atoms with van der Waals surface area (Å²) in [5.41, 5.74) is 19.7. The van der Waals surface area contributed by atoms with E-state index in [0.717, 1.165) is 61.5 Å². The second kappa shape index (κ2) is 14.1. The minimum absolute atomic E-state index is 0.596. The Morgan fingerprint density at radius 2 is 1.13 bits per heavy atom. The summed E-state index contributed by atoms with van der Waals surface area (Å²) in [7, 11) is 2.16. The van der Waals surface area contributed by atoms with Crippen molar-refractivity contribution in [2.24, 2.45) is 4.99 Å². The summed E-state index contributed by atoms with van der Waals surface area (Å²) < 4.78 is 6.42. The third-order valence-corrected chi connectivity index (χ3v) is 13.0. The van der Waals surface area contributed by atoms with Crippen LogP contribution >= 0.6 is 0 Å². The summed E-state index contributed by atoms with van der Waals surface area (Å²) in [5, 5.41) is 2.27. The highest BCUT2D eigenvalue weighted by Gasteiger charge is 2.46. The fourth-order valence-corrected chi connectivity index (χ4v) is 10.2. The second-order valence-electron chi connectivity index (χ2n) is 16.4. The summed E-state index contributed by atoms with van der Waals surface area (Å²) in [4.78, 5) is 9.96. The van der Waals surface area contributed by atoms with Crippen molar-refractivity contribution in [3.05, 3.63) is 229 Å². The van der Waals surface area contributed by atoms with E-state index in [9.17, 15) is 0 Å². The molecule has 0 bridgehead atoms. The van der Waals surface area contributed by atoms with Crippen molar-refractivity contribution in [3.8, 4) is 33.4 Å². The van der Waals surface area contributed by atoms with Crippen LogP contribution in [-0.2, 0) is 5.41 Å². The molecule has 12 rings (SSSR count). The van der Waals surface area contributed by atoms with Gasteiger partial charge in [-0.3, -0.25) is 4.99 Å². The molecule has 2 aliphatic rings. The van der Waals surface area contributed by atoms with Gasteiger partial charge < -0.3 is 14.2 Å². The average Bonchev–Trinajstić information content (AvgIpc) is 3.86. The van der Waals surface area contributed by atoms with Gasteiger partial charge in [-0.1, -0.05) is 146 Å². The van der Waals surface area contributed by atoms with E-state index in [4.69, 9.17) is 9.41 Å². The topological polar surface area (TPSA) is 32.0 Å². The Morgan fingerprint density at radius 3 is 1.98 bits per heavy atom. The maximum absolute atomic E-state index is 6.42. The smallest absolute Gasteiger partial charge is 0.143 e. The molecule has 1 atom stereocenters. The van der Waals surface area contributed by atoms with Crippen LogP contribution in [0.5, 0.6) is 0 Å². The van der Waals surface area contributed by atoms with Gasteiger partial charge in [0.05, 0.1) is 16.8 Å². The van der Waals surface area contributed by atoms with Crippen LogP contribution in [0, 0.1) is 6.92 Å². The molecule has 0 saturated heterocycles. The van der Waals surface area contributed by atoms with Crippen molar-refractivity contribution in [1.29, 1.82) is 0 Å². The van der Waals surface area contributed by atoms with E-state index >= 15 is 0 Å². The second-order valence-corrected chi connectivity index (χ2v) is 16.4. The molecule has 0 radical (unpaired) electrons. The predicted octanol–water partition coefficient (Wildman–Crippen LogP) is 15.5. The highest BCUT2D eigenvalue weighted by Crippen LogP contribution is 2.57. The molecule has 1 spiro atoms. The number of nitrogens with zero attached hydrogens (tertiary/aromatic N) is 3. The average molecular weight is 796 g/mol. The molecule has 9 aromatic carbocycles. The summed E-state index contributed by atoms with van der Waals surface area (Å²) >= 11 is 0. The van der Waals surface area contributed by atoms with Crippen molar-refractivity contribution in [3.63, 3.8) is 0 Å². The number of benzene rings is 9. The molecule has 0 N–H and O–H groups in total. The van der Waals surface area contributed by atoms with E-state index in [2.05, 4.69) is 224 Å². The Morgan fingerprint density at radius 1 is 0.500 bits per heavy atom. The van der Waals surface area contributed by atoms with E-state index in [1.165, 1.54) is 50.2 Å². The molecule has 294 valence electrons. The summed E-state index contributed by atoms with van der Waals surface area (Å²) in [5.74, 6) is 0. The first-order chi connectivity index (χ1) is 30.6. The first-order valence-corrected chi connectivity index (χ1v) is 21.3. The highest BCUT2D eigenvalue weighted by molar-refractivity contribution is 6.10. The zero-order chi connectivity index (χ0) is 41.4. The number of fused-ring (bicyclic) bond motifs is 11. The van der Waals surface area contributed by atoms with Crippen LogP contribution in [0.3, 0.4) is 0 Å². The van der Waals surface area contributed by atoms with Gasteiger partial charge in [0.2, 0.25) is 0 Å². The van der Waals surface area contributed by atoms with Crippen molar-refractivity contribution in [2.45, 2.75) is 12.3 Å². The predicted molar refractivity (Wildman–Crippen MR) is 258 cm³/mol. The zero-order valence-corrected chi connectivity index (χ0v) is 34.5. The van der Waals surface area contributed by atoms with Crippen LogP contribution < -0.4 is 9.80 Å². The van der Waals surface area contributed by atoms with E-state index in [1.54, 1.807) is 0 Å². The lowest BCUT2D eigenvalue weighted by Crippen LogP contribution is -2.32. The normalized spacial score (nSPS) is 14.9. The maximum Gasteiger partial charge on any atom is 0.143 e. The number of para-hydroxylation sites is 6. The molecule has 4 nitrogen and oxygen atoms in total. The standard InChI is InChI=1S/C58H41N3O/c1-38-36-40(32-35-52(38)61(41-16-4-3-5-17-41)42-33-30-39(31-34-42)44-21-14-22-46-45-18-7-13-29-55(45)62-57(44)46)43-20-15-25-50-56(43)47-19-6-8-23-48(47)58(50)37-59-51-26-10-12-28-54(51)60(2)53-27-11-9-24-49(53)58/h3-37H,1-2H3. The van der Waals surface area contributed by atoms with Gasteiger partial charge in [-0.25, -0.2) is 0 Å². The number of hydrogen-bond acceptors (Lipinski definition) is 4. The number of anilines is 5. The maximum atomic E-state index is 6.42. The van der Waals surface area contributed by atoms with Crippen LogP contribution in [0.25, 0.3) is 55.3 Å². The van der Waals surface area contributed by atoms with Gasteiger partial charge in [-0.05, 0) is 118 Å². The zero-order valence-electron chi connectivity index (χ0n) is 34.5. The number of rotatable bonds is 5. The first-order valence-electron chi connectivity index (χ1n) is 21.3. The lowest BCUT2D eigenvalue weighted by molar-refractivity contribution is 0.670. The summed E-state index contributed by atoms with van der Waals surface area (Å²) in [6.07, 6.45) is 2.21. The third kappa shape index (κ3) is 5.36. The Balaban J connectivity index is 0.980. The van der Waals surface area contributed by atoms with Gasteiger partial charge in [0.1, 0.15) is 11.2 Å². The monoisotopic (exact) mass is 795 g/mol. The van der Waals surface area contributed by atoms with Crippen molar-refractivity contribution < 1.29 is 4.42 Å². The lowest BCUT2D eigenvalue weighted by atomic mass is 9.72. The van der Waals surface area contributed by atoms with Gasteiger partial charge in [-0.15, -0.1) is 0 Å². The van der Waals surface area contributed by atoms with Crippen molar-refractivity contribution >= 4 is 62.3 Å². The molecule has 0 amide bonds. The van der Waals surface area contributed by atoms with Gasteiger partial charge in [0.15, 0.2) is 0 Å². The molecule has 62 heavy (non-hydrogen) atoms. The van der Waals surface area contributed by atoms with Crippen LogP contribution in [0.2, 0.25) is 0 Å². The largest absolute Gasteiger partial charge is 0.455 e. The molecule has 10 aromatic rings. The van der Waals surface area contributed by atoms with Gasteiger partial charge in [0.25, 0.3) is 0 Å². The number of aryl methyl sites for hydroxylation is 1. The number of aliphatic imine (C=N–C) groups is 1. The number of furan rings is 1. The molecule has 1 unspecified atom stereocenters. The van der Waals surface area contributed by atoms with Crippen LogP contribution in [0.15, 0.2) is 216 Å². The quantitative estimate of drug-likeness (QED) is 0.174. The van der Waals surface area contributed by atoms with E-state index < -0.39 is 5.41 Å². The SMILES string of the molecule is Cc1cc(-c2cccc3c2-c2ccccc2C32C=Nc3ccccc3N(C)c3ccccc32)ccc1N(c1ccccc1)c1ccc(-c2cccc3c2oc2ccccc23)cc1. The van der Waals surface area contributed by atoms with Crippen molar-refractivity contribution in [1.82, 2.24) is 0 Å². The van der Waals surface area contributed by atoms with Crippen LogP contribution in [0.4, 0.5) is 34.1 Å². The van der Waals surface area contributed by atoms with E-state index in [0.29, 0.717) is 0 Å². The van der Waals surface area contributed by atoms with Crippen LogP contribution in [-0.4, -0.2) is 13.3 Å². The minimum atomic E-state index is -0.596. The van der Waals surface area contributed by atoms with Crippen molar-refractivity contribution in [2.75, 3.05) is 16.8 Å². The molecule has 1 aliphatic carbocycles. The molecule has 2 heterocycles. The van der Waals surface area contributed by atoms with E-state index in [-0.39, 0.29) is 0 Å².